The highest BCUT2D eigenvalue weighted by molar-refractivity contribution is 9.10. The van der Waals surface area contributed by atoms with Gasteiger partial charge in [-0.25, -0.2) is 8.42 Å². The lowest BCUT2D eigenvalue weighted by molar-refractivity contribution is 0.596. The zero-order valence-corrected chi connectivity index (χ0v) is 12.8. The van der Waals surface area contributed by atoms with Crippen molar-refractivity contribution in [2.24, 2.45) is 0 Å². The van der Waals surface area contributed by atoms with Crippen molar-refractivity contribution in [2.45, 2.75) is 16.7 Å². The first-order valence-corrected chi connectivity index (χ1v) is 7.95. The number of hydrogen-bond acceptors (Lipinski definition) is 2. The van der Waals surface area contributed by atoms with Gasteiger partial charge in [-0.1, -0.05) is 40.2 Å². The molecule has 0 radical (unpaired) electrons. The van der Waals surface area contributed by atoms with E-state index in [2.05, 4.69) is 22.5 Å². The van der Waals surface area contributed by atoms with Gasteiger partial charge in [0.05, 0.1) is 9.79 Å². The Balaban J connectivity index is 2.44. The monoisotopic (exact) mass is 336 g/mol. The number of rotatable bonds is 3. The maximum absolute atomic E-state index is 12.4. The molecular formula is C15H13BrO2S. The van der Waals surface area contributed by atoms with Crippen LogP contribution >= 0.6 is 15.9 Å². The molecule has 0 spiro atoms. The molecule has 0 fully saturated rings. The van der Waals surface area contributed by atoms with Gasteiger partial charge in [-0.3, -0.25) is 0 Å². The lowest BCUT2D eigenvalue weighted by Crippen LogP contribution is -2.01. The van der Waals surface area contributed by atoms with Crippen molar-refractivity contribution in [3.8, 4) is 0 Å². The highest BCUT2D eigenvalue weighted by atomic mass is 79.9. The molecule has 4 heteroatoms. The lowest BCUT2D eigenvalue weighted by Gasteiger charge is -2.06. The summed E-state index contributed by atoms with van der Waals surface area (Å²) in [7, 11) is -3.45. The normalized spacial score (nSPS) is 11.3. The molecule has 0 aliphatic rings. The van der Waals surface area contributed by atoms with Crippen LogP contribution in [0, 0.1) is 0 Å². The van der Waals surface area contributed by atoms with E-state index >= 15 is 0 Å². The molecule has 0 atom stereocenters. The van der Waals surface area contributed by atoms with Crippen molar-refractivity contribution in [2.75, 3.05) is 0 Å². The molecule has 0 aliphatic heterocycles. The molecule has 2 aromatic carbocycles. The summed E-state index contributed by atoms with van der Waals surface area (Å²) in [6, 6.07) is 13.4. The van der Waals surface area contributed by atoms with Crippen molar-refractivity contribution in [1.29, 1.82) is 0 Å². The minimum absolute atomic E-state index is 0.291. The minimum atomic E-state index is -3.45. The van der Waals surface area contributed by atoms with Gasteiger partial charge in [0.1, 0.15) is 0 Å². The van der Waals surface area contributed by atoms with Crippen LogP contribution in [-0.2, 0) is 9.84 Å². The smallest absolute Gasteiger partial charge is 0.206 e. The predicted molar refractivity (Wildman–Crippen MR) is 80.7 cm³/mol. The lowest BCUT2D eigenvalue weighted by atomic mass is 10.1. The van der Waals surface area contributed by atoms with E-state index in [4.69, 9.17) is 0 Å². The fourth-order valence-corrected chi connectivity index (χ4v) is 3.19. The van der Waals surface area contributed by atoms with Crippen LogP contribution < -0.4 is 0 Å². The van der Waals surface area contributed by atoms with Gasteiger partial charge < -0.3 is 0 Å². The first-order chi connectivity index (χ1) is 8.91. The average molecular weight is 337 g/mol. The van der Waals surface area contributed by atoms with Crippen molar-refractivity contribution in [1.82, 2.24) is 0 Å². The van der Waals surface area contributed by atoms with Crippen molar-refractivity contribution >= 4 is 31.3 Å². The van der Waals surface area contributed by atoms with Gasteiger partial charge in [-0.2, -0.15) is 0 Å². The van der Waals surface area contributed by atoms with Crippen LogP contribution in [0.5, 0.6) is 0 Å². The summed E-state index contributed by atoms with van der Waals surface area (Å²) in [6.45, 7) is 5.72. The fourth-order valence-electron chi connectivity index (χ4n) is 1.67. The Hall–Kier alpha value is -1.39. The van der Waals surface area contributed by atoms with Gasteiger partial charge in [-0.15, -0.1) is 0 Å². The van der Waals surface area contributed by atoms with E-state index in [1.807, 2.05) is 6.92 Å². The van der Waals surface area contributed by atoms with Crippen LogP contribution in [0.2, 0.25) is 0 Å². The van der Waals surface area contributed by atoms with Crippen molar-refractivity contribution in [3.63, 3.8) is 0 Å². The topological polar surface area (TPSA) is 34.1 Å². The summed E-state index contributed by atoms with van der Waals surface area (Å²) in [6.07, 6.45) is 0. The van der Waals surface area contributed by atoms with Crippen LogP contribution in [0.1, 0.15) is 12.5 Å². The Morgan fingerprint density at radius 1 is 0.947 bits per heavy atom. The van der Waals surface area contributed by atoms with E-state index in [0.29, 0.717) is 9.79 Å². The highest BCUT2D eigenvalue weighted by Crippen LogP contribution is 2.23. The van der Waals surface area contributed by atoms with Gasteiger partial charge in [0.15, 0.2) is 0 Å². The number of sulfone groups is 1. The molecule has 0 aromatic heterocycles. The molecule has 0 amide bonds. The Morgan fingerprint density at radius 2 is 1.37 bits per heavy atom. The second-order valence-electron chi connectivity index (χ2n) is 4.26. The predicted octanol–water partition coefficient (Wildman–Crippen LogP) is 4.32. The van der Waals surface area contributed by atoms with Crippen molar-refractivity contribution in [3.05, 3.63) is 65.1 Å². The molecule has 0 unspecified atom stereocenters. The maximum atomic E-state index is 12.4. The summed E-state index contributed by atoms with van der Waals surface area (Å²) >= 11 is 3.29. The molecule has 0 aliphatic carbocycles. The van der Waals surface area contributed by atoms with Crippen LogP contribution in [-0.4, -0.2) is 8.42 Å². The molecule has 2 aromatic rings. The second-order valence-corrected chi connectivity index (χ2v) is 7.13. The Bertz CT molecular complexity index is 699. The van der Waals surface area contributed by atoms with Gasteiger partial charge in [-0.05, 0) is 48.9 Å². The van der Waals surface area contributed by atoms with Crippen LogP contribution in [0.3, 0.4) is 0 Å². The summed E-state index contributed by atoms with van der Waals surface area (Å²) in [5, 5.41) is 0. The van der Waals surface area contributed by atoms with Crippen molar-refractivity contribution < 1.29 is 8.42 Å². The Labute approximate surface area is 121 Å². The van der Waals surface area contributed by atoms with Crippen LogP contribution in [0.15, 0.2) is 69.4 Å². The number of halogens is 1. The third-order valence-corrected chi connectivity index (χ3v) is 5.10. The zero-order valence-electron chi connectivity index (χ0n) is 10.4. The average Bonchev–Trinajstić information content (AvgIpc) is 2.39. The van der Waals surface area contributed by atoms with E-state index in [1.54, 1.807) is 48.5 Å². The molecule has 0 heterocycles. The first-order valence-electron chi connectivity index (χ1n) is 5.68. The SMILES string of the molecule is C=C(C)c1ccc(S(=O)(=O)c2ccc(Br)cc2)cc1. The van der Waals surface area contributed by atoms with Gasteiger partial charge >= 0.3 is 0 Å². The number of hydrogen-bond donors (Lipinski definition) is 0. The Kier molecular flexibility index (Phi) is 3.92. The van der Waals surface area contributed by atoms with Gasteiger partial charge in [0, 0.05) is 4.47 Å². The maximum Gasteiger partial charge on any atom is 0.206 e. The minimum Gasteiger partial charge on any atom is -0.219 e. The summed E-state index contributed by atoms with van der Waals surface area (Å²) in [5.74, 6) is 0. The largest absolute Gasteiger partial charge is 0.219 e. The quantitative estimate of drug-likeness (QED) is 0.836. The third kappa shape index (κ3) is 2.96. The molecule has 98 valence electrons. The van der Waals surface area contributed by atoms with E-state index in [1.165, 1.54) is 0 Å². The van der Waals surface area contributed by atoms with E-state index < -0.39 is 9.84 Å². The van der Waals surface area contributed by atoms with Crippen LogP contribution in [0.25, 0.3) is 5.57 Å². The van der Waals surface area contributed by atoms with E-state index in [0.717, 1.165) is 15.6 Å². The summed E-state index contributed by atoms with van der Waals surface area (Å²) in [5.41, 5.74) is 1.85. The number of benzene rings is 2. The summed E-state index contributed by atoms with van der Waals surface area (Å²) in [4.78, 5) is 0.582. The molecular weight excluding hydrogens is 324 g/mol. The van der Waals surface area contributed by atoms with E-state index in [9.17, 15) is 8.42 Å². The van der Waals surface area contributed by atoms with Crippen LogP contribution in [0.4, 0.5) is 0 Å². The summed E-state index contributed by atoms with van der Waals surface area (Å²) < 4.78 is 25.6. The molecule has 0 saturated heterocycles. The second kappa shape index (κ2) is 5.31. The molecule has 0 N–H and O–H groups in total. The zero-order chi connectivity index (χ0) is 14.0. The third-order valence-electron chi connectivity index (χ3n) is 2.78. The highest BCUT2D eigenvalue weighted by Gasteiger charge is 2.17. The van der Waals surface area contributed by atoms with E-state index in [-0.39, 0.29) is 0 Å². The molecule has 2 nitrogen and oxygen atoms in total. The number of allylic oxidation sites excluding steroid dienone is 1. The molecule has 19 heavy (non-hydrogen) atoms. The van der Waals surface area contributed by atoms with Gasteiger partial charge in [0.2, 0.25) is 9.84 Å². The fraction of sp³-hybridized carbons (Fsp3) is 0.0667. The standard InChI is InChI=1S/C15H13BrO2S/c1-11(2)12-3-7-14(8-4-12)19(17,18)15-9-5-13(16)6-10-15/h3-10H,1H2,2H3. The molecule has 0 saturated carbocycles. The molecule has 0 bridgehead atoms. The van der Waals surface area contributed by atoms with Gasteiger partial charge in [0.25, 0.3) is 0 Å². The Morgan fingerprint density at radius 3 is 1.79 bits per heavy atom. The first kappa shape index (κ1) is 14.0. The molecule has 2 rings (SSSR count).